The van der Waals surface area contributed by atoms with Gasteiger partial charge < -0.3 is 10.1 Å². The summed E-state index contributed by atoms with van der Waals surface area (Å²) < 4.78 is 46.7. The molecule has 12 heteroatoms. The van der Waals surface area contributed by atoms with Crippen molar-refractivity contribution in [2.24, 2.45) is 0 Å². The lowest BCUT2D eigenvalue weighted by Crippen LogP contribution is -2.32. The minimum absolute atomic E-state index is 0.0193. The minimum Gasteiger partial charge on any atom is -0.376 e. The molecule has 1 aromatic heterocycles. The lowest BCUT2D eigenvalue weighted by molar-refractivity contribution is -0.384. The monoisotopic (exact) mass is 480 g/mol. The van der Waals surface area contributed by atoms with E-state index in [4.69, 9.17) is 4.74 Å². The Morgan fingerprint density at radius 1 is 1.30 bits per heavy atom. The first-order chi connectivity index (χ1) is 15.7. The number of nitrogens with zero attached hydrogens (tertiary/aromatic N) is 3. The maximum atomic E-state index is 13.3. The van der Waals surface area contributed by atoms with Crippen molar-refractivity contribution < 1.29 is 27.6 Å². The number of nitro groups is 1. The van der Waals surface area contributed by atoms with E-state index in [0.29, 0.717) is 18.7 Å². The molecule has 0 bridgehead atoms. The number of imidazole rings is 1. The van der Waals surface area contributed by atoms with Crippen LogP contribution in [-0.2, 0) is 15.7 Å². The van der Waals surface area contributed by atoms with Crippen LogP contribution in [0, 0.1) is 10.1 Å². The van der Waals surface area contributed by atoms with Gasteiger partial charge in [0.2, 0.25) is 5.91 Å². The van der Waals surface area contributed by atoms with E-state index in [2.05, 4.69) is 10.3 Å². The Bertz CT molecular complexity index is 1190. The molecule has 2 aromatic carbocycles. The number of amides is 1. The Labute approximate surface area is 190 Å². The number of benzene rings is 2. The highest BCUT2D eigenvalue weighted by Gasteiger charge is 2.31. The van der Waals surface area contributed by atoms with Gasteiger partial charge in [-0.15, -0.1) is 0 Å². The molecular formula is C21H19F3N4O4S. The van der Waals surface area contributed by atoms with Gasteiger partial charge in [0.25, 0.3) is 5.69 Å². The van der Waals surface area contributed by atoms with Gasteiger partial charge in [-0.1, -0.05) is 17.8 Å². The molecule has 1 aliphatic rings. The molecular weight excluding hydrogens is 461 g/mol. The number of non-ortho nitro benzene ring substituents is 1. The van der Waals surface area contributed by atoms with Gasteiger partial charge in [-0.2, -0.15) is 13.2 Å². The van der Waals surface area contributed by atoms with E-state index < -0.39 is 16.7 Å². The number of nitro benzene ring substituents is 1. The van der Waals surface area contributed by atoms with Gasteiger partial charge in [-0.3, -0.25) is 19.5 Å². The number of fused-ring (bicyclic) bond motifs is 1. The first-order valence-corrected chi connectivity index (χ1v) is 11.1. The minimum atomic E-state index is -4.54. The van der Waals surface area contributed by atoms with Crippen molar-refractivity contribution >= 4 is 34.4 Å². The highest BCUT2D eigenvalue weighted by molar-refractivity contribution is 7.99. The third kappa shape index (κ3) is 5.28. The fraction of sp³-hybridized carbons (Fsp3) is 0.333. The molecule has 2 heterocycles. The number of nitrogens with one attached hydrogen (secondary N) is 1. The normalized spacial score (nSPS) is 16.3. The molecule has 1 amide bonds. The van der Waals surface area contributed by atoms with Gasteiger partial charge in [0.1, 0.15) is 0 Å². The van der Waals surface area contributed by atoms with E-state index in [0.717, 1.165) is 36.7 Å². The SMILES string of the molecule is O=C(CSc1nc2cc([N+](=O)[O-])ccc2n1-c1cccc(C(F)(F)F)c1)NC[C@@H]1CCCO1. The molecule has 8 nitrogen and oxygen atoms in total. The number of halogens is 3. The summed E-state index contributed by atoms with van der Waals surface area (Å²) >= 11 is 1.03. The van der Waals surface area contributed by atoms with Crippen LogP contribution in [0.3, 0.4) is 0 Å². The lowest BCUT2D eigenvalue weighted by atomic mass is 10.2. The molecule has 1 saturated heterocycles. The molecule has 0 radical (unpaired) electrons. The summed E-state index contributed by atoms with van der Waals surface area (Å²) in [5.74, 6) is -0.305. The number of hydrogen-bond donors (Lipinski definition) is 1. The van der Waals surface area contributed by atoms with Crippen LogP contribution in [0.15, 0.2) is 47.6 Å². The summed E-state index contributed by atoms with van der Waals surface area (Å²) in [4.78, 5) is 27.2. The number of ether oxygens (including phenoxy) is 1. The molecule has 4 rings (SSSR count). The van der Waals surface area contributed by atoms with Gasteiger partial charge in [0.05, 0.1) is 33.4 Å². The van der Waals surface area contributed by atoms with Crippen LogP contribution < -0.4 is 5.32 Å². The zero-order valence-corrected chi connectivity index (χ0v) is 18.0. The van der Waals surface area contributed by atoms with Crippen LogP contribution in [0.25, 0.3) is 16.7 Å². The van der Waals surface area contributed by atoms with Crippen LogP contribution in [0.1, 0.15) is 18.4 Å². The van der Waals surface area contributed by atoms with Gasteiger partial charge in [0, 0.05) is 31.0 Å². The highest BCUT2D eigenvalue weighted by atomic mass is 32.2. The van der Waals surface area contributed by atoms with Crippen LogP contribution in [-0.4, -0.2) is 45.4 Å². The van der Waals surface area contributed by atoms with Crippen molar-refractivity contribution in [1.29, 1.82) is 0 Å². The molecule has 3 aromatic rings. The first kappa shape index (κ1) is 23.1. The van der Waals surface area contributed by atoms with Crippen LogP contribution in [0.5, 0.6) is 0 Å². The maximum Gasteiger partial charge on any atom is 0.416 e. The van der Waals surface area contributed by atoms with Crippen molar-refractivity contribution in [2.75, 3.05) is 18.9 Å². The van der Waals surface area contributed by atoms with Crippen molar-refractivity contribution in [3.63, 3.8) is 0 Å². The Hall–Kier alpha value is -3.12. The molecule has 1 fully saturated rings. The largest absolute Gasteiger partial charge is 0.416 e. The molecule has 0 spiro atoms. The summed E-state index contributed by atoms with van der Waals surface area (Å²) in [6.45, 7) is 1.05. The molecule has 0 saturated carbocycles. The fourth-order valence-electron chi connectivity index (χ4n) is 3.54. The third-order valence-electron chi connectivity index (χ3n) is 5.13. The van der Waals surface area contributed by atoms with E-state index in [1.165, 1.54) is 34.9 Å². The van der Waals surface area contributed by atoms with E-state index >= 15 is 0 Å². The molecule has 1 N–H and O–H groups in total. The van der Waals surface area contributed by atoms with E-state index in [9.17, 15) is 28.1 Å². The predicted octanol–water partition coefficient (Wildman–Crippen LogP) is 4.34. The zero-order valence-electron chi connectivity index (χ0n) is 17.2. The Kier molecular flexibility index (Phi) is 6.56. The van der Waals surface area contributed by atoms with Gasteiger partial charge in [0.15, 0.2) is 5.16 Å². The maximum absolute atomic E-state index is 13.3. The Morgan fingerprint density at radius 2 is 2.12 bits per heavy atom. The van der Waals surface area contributed by atoms with Gasteiger partial charge >= 0.3 is 6.18 Å². The van der Waals surface area contributed by atoms with Crippen LogP contribution in [0.2, 0.25) is 0 Å². The number of hydrogen-bond acceptors (Lipinski definition) is 6. The second-order valence-corrected chi connectivity index (χ2v) is 8.38. The molecule has 0 unspecified atom stereocenters. The quantitative estimate of drug-likeness (QED) is 0.307. The summed E-state index contributed by atoms with van der Waals surface area (Å²) in [5.41, 5.74) is -0.217. The Balaban J connectivity index is 1.64. The topological polar surface area (TPSA) is 99.3 Å². The van der Waals surface area contributed by atoms with Crippen molar-refractivity contribution in [2.45, 2.75) is 30.3 Å². The van der Waals surface area contributed by atoms with E-state index in [-0.39, 0.29) is 39.8 Å². The molecule has 33 heavy (non-hydrogen) atoms. The second kappa shape index (κ2) is 9.40. The highest BCUT2D eigenvalue weighted by Crippen LogP contribution is 2.34. The summed E-state index contributed by atoms with van der Waals surface area (Å²) in [7, 11) is 0. The van der Waals surface area contributed by atoms with Crippen LogP contribution >= 0.6 is 11.8 Å². The molecule has 1 atom stereocenters. The van der Waals surface area contributed by atoms with Gasteiger partial charge in [-0.05, 0) is 37.1 Å². The van der Waals surface area contributed by atoms with Crippen molar-refractivity contribution in [3.8, 4) is 5.69 Å². The summed E-state index contributed by atoms with van der Waals surface area (Å²) in [6.07, 6.45) is -2.74. The van der Waals surface area contributed by atoms with Crippen molar-refractivity contribution in [3.05, 3.63) is 58.1 Å². The third-order valence-corrected chi connectivity index (χ3v) is 6.07. The average molecular weight is 480 g/mol. The first-order valence-electron chi connectivity index (χ1n) is 10.1. The average Bonchev–Trinajstić information content (AvgIpc) is 3.42. The predicted molar refractivity (Wildman–Crippen MR) is 115 cm³/mol. The van der Waals surface area contributed by atoms with Crippen LogP contribution in [0.4, 0.5) is 18.9 Å². The molecule has 174 valence electrons. The number of thioether (sulfide) groups is 1. The molecule has 1 aliphatic heterocycles. The van der Waals surface area contributed by atoms with E-state index in [1.807, 2.05) is 0 Å². The standard InChI is InChI=1S/C21H19F3N4O4S/c22-21(23,24)13-3-1-4-14(9-13)27-18-7-6-15(28(30)31)10-17(18)26-20(27)33-12-19(29)25-11-16-5-2-8-32-16/h1,3-4,6-7,9-10,16H,2,5,8,11-12H2,(H,25,29)/t16-/m0/s1. The number of aromatic nitrogens is 2. The Morgan fingerprint density at radius 3 is 2.82 bits per heavy atom. The molecule has 0 aliphatic carbocycles. The smallest absolute Gasteiger partial charge is 0.376 e. The zero-order chi connectivity index (χ0) is 23.6. The number of rotatable bonds is 7. The number of alkyl halides is 3. The van der Waals surface area contributed by atoms with Crippen molar-refractivity contribution in [1.82, 2.24) is 14.9 Å². The van der Waals surface area contributed by atoms with Gasteiger partial charge in [-0.25, -0.2) is 4.98 Å². The second-order valence-electron chi connectivity index (χ2n) is 7.44. The fourth-order valence-corrected chi connectivity index (χ4v) is 4.40. The summed E-state index contributed by atoms with van der Waals surface area (Å²) in [6, 6.07) is 8.64. The van der Waals surface area contributed by atoms with E-state index in [1.54, 1.807) is 0 Å². The number of carbonyl (C=O) groups excluding carboxylic acids is 1. The summed E-state index contributed by atoms with van der Waals surface area (Å²) in [5, 5.41) is 14.2. The number of carbonyl (C=O) groups is 1. The lowest BCUT2D eigenvalue weighted by Gasteiger charge is -2.13.